The van der Waals surface area contributed by atoms with Gasteiger partial charge in [-0.25, -0.2) is 0 Å². The predicted octanol–water partition coefficient (Wildman–Crippen LogP) is 2.42. The number of carbonyl (C=O) groups excluding carboxylic acids is 1. The Labute approximate surface area is 157 Å². The van der Waals surface area contributed by atoms with Crippen LogP contribution in [0.3, 0.4) is 0 Å². The van der Waals surface area contributed by atoms with Crippen LogP contribution in [0.2, 0.25) is 0 Å². The predicted molar refractivity (Wildman–Crippen MR) is 96.2 cm³/mol. The van der Waals surface area contributed by atoms with Gasteiger partial charge >= 0.3 is 12.1 Å². The van der Waals surface area contributed by atoms with Gasteiger partial charge in [-0.3, -0.25) is 15.0 Å². The third-order valence-corrected chi connectivity index (χ3v) is 3.74. The second kappa shape index (κ2) is 8.42. The van der Waals surface area contributed by atoms with E-state index < -0.39 is 30.2 Å². The molecule has 2 rings (SSSR count). The summed E-state index contributed by atoms with van der Waals surface area (Å²) in [5.74, 6) is -2.06. The highest BCUT2D eigenvalue weighted by molar-refractivity contribution is 5.96. The summed E-state index contributed by atoms with van der Waals surface area (Å²) >= 11 is 0. The van der Waals surface area contributed by atoms with Crippen molar-refractivity contribution in [3.63, 3.8) is 0 Å². The first kappa shape index (κ1) is 20.7. The van der Waals surface area contributed by atoms with Crippen LogP contribution in [0.1, 0.15) is 27.0 Å². The van der Waals surface area contributed by atoms with Crippen molar-refractivity contribution in [2.45, 2.75) is 12.7 Å². The smallest absolute Gasteiger partial charge is 0.416 e. The molecule has 0 saturated carbocycles. The summed E-state index contributed by atoms with van der Waals surface area (Å²) in [7, 11) is 0. The molecule has 28 heavy (non-hydrogen) atoms. The molecule has 0 unspecified atom stereocenters. The van der Waals surface area contributed by atoms with Crippen molar-refractivity contribution in [1.29, 1.82) is 5.41 Å². The minimum atomic E-state index is -4.56. The second-order valence-electron chi connectivity index (χ2n) is 5.79. The Morgan fingerprint density at radius 2 is 1.82 bits per heavy atom. The van der Waals surface area contributed by atoms with E-state index >= 15 is 0 Å². The summed E-state index contributed by atoms with van der Waals surface area (Å²) in [6.45, 7) is -0.481. The van der Waals surface area contributed by atoms with E-state index in [9.17, 15) is 22.8 Å². The monoisotopic (exact) mass is 394 g/mol. The Kier molecular flexibility index (Phi) is 6.24. The molecule has 6 N–H and O–H groups in total. The fourth-order valence-corrected chi connectivity index (χ4v) is 2.35. The molecule has 1 amide bonds. The number of nitrogens with two attached hydrogens (primary N) is 1. The first-order valence-electron chi connectivity index (χ1n) is 7.96. The number of anilines is 1. The van der Waals surface area contributed by atoms with Crippen molar-refractivity contribution >= 4 is 23.4 Å². The van der Waals surface area contributed by atoms with Gasteiger partial charge in [0, 0.05) is 23.4 Å². The Bertz CT molecular complexity index is 913. The van der Waals surface area contributed by atoms with Gasteiger partial charge in [-0.2, -0.15) is 13.2 Å². The number of amidine groups is 1. The molecule has 0 aliphatic rings. The fourth-order valence-electron chi connectivity index (χ4n) is 2.35. The summed E-state index contributed by atoms with van der Waals surface area (Å²) in [5.41, 5.74) is 5.48. The zero-order valence-corrected chi connectivity index (χ0v) is 14.4. The standard InChI is InChI=1S/C18H17F3N4O3/c19-18(20,21)13-3-1-2-11(6-13)17(28)25-8-12-5-4-10(16(22)23)7-14(12)24-9-15(26)27/h1-7,24H,8-9H2,(H3,22,23)(H,25,28)(H,26,27). The normalized spacial score (nSPS) is 11.0. The van der Waals surface area contributed by atoms with Crippen molar-refractivity contribution in [3.05, 3.63) is 64.7 Å². The van der Waals surface area contributed by atoms with Crippen LogP contribution in [0.4, 0.5) is 18.9 Å². The highest BCUT2D eigenvalue weighted by atomic mass is 19.4. The van der Waals surface area contributed by atoms with E-state index in [0.717, 1.165) is 18.2 Å². The van der Waals surface area contributed by atoms with Crippen LogP contribution >= 0.6 is 0 Å². The maximum absolute atomic E-state index is 12.8. The summed E-state index contributed by atoms with van der Waals surface area (Å²) in [5, 5.41) is 21.4. The van der Waals surface area contributed by atoms with Gasteiger partial charge in [0.25, 0.3) is 5.91 Å². The molecule has 10 heteroatoms. The maximum atomic E-state index is 12.8. The fraction of sp³-hybridized carbons (Fsp3) is 0.167. The quantitative estimate of drug-likeness (QED) is 0.364. The number of rotatable bonds is 7. The lowest BCUT2D eigenvalue weighted by atomic mass is 10.1. The lowest BCUT2D eigenvalue weighted by molar-refractivity contribution is -0.137. The minimum Gasteiger partial charge on any atom is -0.480 e. The van der Waals surface area contributed by atoms with Crippen molar-refractivity contribution in [2.75, 3.05) is 11.9 Å². The molecule has 0 heterocycles. The average molecular weight is 394 g/mol. The number of hydrogen-bond acceptors (Lipinski definition) is 4. The van der Waals surface area contributed by atoms with Gasteiger partial charge in [-0.1, -0.05) is 18.2 Å². The van der Waals surface area contributed by atoms with Crippen molar-refractivity contribution in [2.24, 2.45) is 5.73 Å². The van der Waals surface area contributed by atoms with Crippen LogP contribution in [-0.4, -0.2) is 29.4 Å². The molecule has 0 aliphatic carbocycles. The van der Waals surface area contributed by atoms with Gasteiger partial charge in [0.1, 0.15) is 12.4 Å². The van der Waals surface area contributed by atoms with E-state index in [1.165, 1.54) is 24.3 Å². The number of carboxylic acids is 1. The third-order valence-electron chi connectivity index (χ3n) is 3.74. The van der Waals surface area contributed by atoms with E-state index in [-0.39, 0.29) is 17.9 Å². The molecule has 0 aliphatic heterocycles. The molecule has 2 aromatic rings. The highest BCUT2D eigenvalue weighted by Crippen LogP contribution is 2.29. The minimum absolute atomic E-state index is 0.0742. The first-order chi connectivity index (χ1) is 13.1. The average Bonchev–Trinajstić information content (AvgIpc) is 2.63. The molecule has 0 saturated heterocycles. The van der Waals surface area contributed by atoms with Gasteiger partial charge in [-0.05, 0) is 29.8 Å². The van der Waals surface area contributed by atoms with Crippen molar-refractivity contribution < 1.29 is 27.9 Å². The molecule has 0 fully saturated rings. The number of benzene rings is 2. The molecule has 0 radical (unpaired) electrons. The van der Waals surface area contributed by atoms with Gasteiger partial charge in [-0.15, -0.1) is 0 Å². The van der Waals surface area contributed by atoms with Crippen LogP contribution in [0.25, 0.3) is 0 Å². The lowest BCUT2D eigenvalue weighted by Gasteiger charge is -2.14. The Morgan fingerprint density at radius 3 is 2.43 bits per heavy atom. The van der Waals surface area contributed by atoms with Crippen LogP contribution in [-0.2, 0) is 17.5 Å². The van der Waals surface area contributed by atoms with E-state index in [2.05, 4.69) is 10.6 Å². The second-order valence-corrected chi connectivity index (χ2v) is 5.79. The SMILES string of the molecule is N=C(N)c1ccc(CNC(=O)c2cccc(C(F)(F)F)c2)c(NCC(=O)O)c1. The van der Waals surface area contributed by atoms with Crippen LogP contribution in [0.15, 0.2) is 42.5 Å². The van der Waals surface area contributed by atoms with E-state index in [4.69, 9.17) is 16.2 Å². The molecule has 0 aromatic heterocycles. The van der Waals surface area contributed by atoms with Crippen LogP contribution in [0, 0.1) is 5.41 Å². The third kappa shape index (κ3) is 5.47. The number of carboxylic acid groups (broad SMARTS) is 1. The number of hydrogen-bond donors (Lipinski definition) is 5. The van der Waals surface area contributed by atoms with E-state index in [1.54, 1.807) is 0 Å². The largest absolute Gasteiger partial charge is 0.480 e. The van der Waals surface area contributed by atoms with Gasteiger partial charge in [0.05, 0.1) is 5.56 Å². The summed E-state index contributed by atoms with van der Waals surface area (Å²) in [4.78, 5) is 23.0. The number of nitrogens with one attached hydrogen (secondary N) is 3. The molecule has 0 bridgehead atoms. The van der Waals surface area contributed by atoms with E-state index in [1.807, 2.05) is 0 Å². The number of halogens is 3. The Morgan fingerprint density at radius 1 is 1.11 bits per heavy atom. The van der Waals surface area contributed by atoms with Crippen molar-refractivity contribution in [3.8, 4) is 0 Å². The topological polar surface area (TPSA) is 128 Å². The van der Waals surface area contributed by atoms with Crippen LogP contribution in [0.5, 0.6) is 0 Å². The number of alkyl halides is 3. The summed E-state index contributed by atoms with van der Waals surface area (Å²) in [6.07, 6.45) is -4.56. The lowest BCUT2D eigenvalue weighted by Crippen LogP contribution is -2.24. The molecular formula is C18H17F3N4O3. The number of carbonyl (C=O) groups is 2. The van der Waals surface area contributed by atoms with Crippen LogP contribution < -0.4 is 16.4 Å². The van der Waals surface area contributed by atoms with Gasteiger partial charge in [0.15, 0.2) is 0 Å². The molecule has 0 spiro atoms. The zero-order valence-electron chi connectivity index (χ0n) is 14.4. The van der Waals surface area contributed by atoms with E-state index in [0.29, 0.717) is 16.8 Å². The summed E-state index contributed by atoms with van der Waals surface area (Å²) in [6, 6.07) is 8.51. The molecule has 2 aromatic carbocycles. The molecule has 0 atom stereocenters. The van der Waals surface area contributed by atoms with Gasteiger partial charge < -0.3 is 21.5 Å². The number of aliphatic carboxylic acids is 1. The molecule has 7 nitrogen and oxygen atoms in total. The zero-order chi connectivity index (χ0) is 20.9. The maximum Gasteiger partial charge on any atom is 0.416 e. The Hall–Kier alpha value is -3.56. The van der Waals surface area contributed by atoms with Crippen molar-refractivity contribution in [1.82, 2.24) is 5.32 Å². The van der Waals surface area contributed by atoms with Gasteiger partial charge in [0.2, 0.25) is 0 Å². The first-order valence-corrected chi connectivity index (χ1v) is 7.96. The Balaban J connectivity index is 2.18. The molecule has 148 valence electrons. The number of amides is 1. The number of nitrogen functional groups attached to an aromatic ring is 1. The highest BCUT2D eigenvalue weighted by Gasteiger charge is 2.30. The summed E-state index contributed by atoms with van der Waals surface area (Å²) < 4.78 is 38.3. The molecular weight excluding hydrogens is 377 g/mol.